The molecular weight excluding hydrogens is 195 g/mol. The maximum Gasteiger partial charge on any atom is 0.433 e. The lowest BCUT2D eigenvalue weighted by Gasteiger charge is -2.07. The van der Waals surface area contributed by atoms with E-state index in [1.165, 1.54) is 6.20 Å². The maximum atomic E-state index is 12.3. The van der Waals surface area contributed by atoms with Crippen molar-refractivity contribution in [3.63, 3.8) is 0 Å². The van der Waals surface area contributed by atoms with Gasteiger partial charge in [0, 0.05) is 11.6 Å². The molecule has 1 aromatic rings. The van der Waals surface area contributed by atoms with Crippen molar-refractivity contribution in [2.45, 2.75) is 32.0 Å². The Balaban J connectivity index is 2.73. The molecular formula is C8H12F3N3. The summed E-state index contributed by atoms with van der Waals surface area (Å²) in [4.78, 5) is 0. The monoisotopic (exact) mass is 207 g/mol. The zero-order chi connectivity index (χ0) is 10.8. The first kappa shape index (κ1) is 11.0. The number of nitrogens with zero attached hydrogens (tertiary/aromatic N) is 1. The molecule has 0 spiro atoms. The van der Waals surface area contributed by atoms with Crippen molar-refractivity contribution < 1.29 is 13.2 Å². The summed E-state index contributed by atoms with van der Waals surface area (Å²) >= 11 is 0. The van der Waals surface area contributed by atoms with Crippen LogP contribution in [0.25, 0.3) is 0 Å². The number of halogens is 3. The summed E-state index contributed by atoms with van der Waals surface area (Å²) in [6.45, 7) is 1.76. The van der Waals surface area contributed by atoms with Gasteiger partial charge in [-0.05, 0) is 19.8 Å². The summed E-state index contributed by atoms with van der Waals surface area (Å²) < 4.78 is 36.9. The molecule has 3 nitrogen and oxygen atoms in total. The molecule has 0 aromatic carbocycles. The Hall–Kier alpha value is -1.04. The summed E-state index contributed by atoms with van der Waals surface area (Å²) in [6.07, 6.45) is -2.35. The molecule has 0 bridgehead atoms. The van der Waals surface area contributed by atoms with Gasteiger partial charge in [0.25, 0.3) is 0 Å². The summed E-state index contributed by atoms with van der Waals surface area (Å²) in [7, 11) is 0. The predicted molar refractivity (Wildman–Crippen MR) is 45.6 cm³/mol. The number of nitrogens with one attached hydrogen (secondary N) is 1. The lowest BCUT2D eigenvalue weighted by atomic mass is 10.1. The fraction of sp³-hybridized carbons (Fsp3) is 0.625. The van der Waals surface area contributed by atoms with Crippen LogP contribution in [0.4, 0.5) is 13.2 Å². The molecule has 80 valence electrons. The molecule has 0 amide bonds. The fourth-order valence-electron chi connectivity index (χ4n) is 1.13. The number of alkyl halides is 3. The van der Waals surface area contributed by atoms with E-state index in [0.29, 0.717) is 12.8 Å². The number of hydrogen-bond donors (Lipinski definition) is 2. The van der Waals surface area contributed by atoms with Gasteiger partial charge in [0.05, 0.1) is 6.20 Å². The molecule has 0 aliphatic rings. The molecule has 0 aliphatic heterocycles. The lowest BCUT2D eigenvalue weighted by molar-refractivity contribution is -0.141. The average Bonchev–Trinajstić information content (AvgIpc) is 2.46. The van der Waals surface area contributed by atoms with Gasteiger partial charge < -0.3 is 5.73 Å². The van der Waals surface area contributed by atoms with Crippen molar-refractivity contribution in [3.05, 3.63) is 17.5 Å². The zero-order valence-corrected chi connectivity index (χ0v) is 7.73. The van der Waals surface area contributed by atoms with E-state index in [1.807, 2.05) is 5.10 Å². The minimum atomic E-state index is -4.36. The molecule has 0 fully saturated rings. The van der Waals surface area contributed by atoms with Gasteiger partial charge in [0.15, 0.2) is 0 Å². The molecule has 0 radical (unpaired) electrons. The number of rotatable bonds is 3. The van der Waals surface area contributed by atoms with Crippen LogP contribution in [-0.4, -0.2) is 16.2 Å². The number of aryl methyl sites for hydroxylation is 1. The van der Waals surface area contributed by atoms with Crippen LogP contribution in [0.5, 0.6) is 0 Å². The highest BCUT2D eigenvalue weighted by molar-refractivity contribution is 5.19. The Morgan fingerprint density at radius 3 is 2.71 bits per heavy atom. The predicted octanol–water partition coefficient (Wildman–Crippen LogP) is 1.71. The van der Waals surface area contributed by atoms with Crippen molar-refractivity contribution in [2.75, 3.05) is 0 Å². The molecule has 1 rings (SSSR count). The third-order valence-electron chi connectivity index (χ3n) is 1.87. The minimum Gasteiger partial charge on any atom is -0.328 e. The van der Waals surface area contributed by atoms with Crippen LogP contribution in [0.1, 0.15) is 24.6 Å². The topological polar surface area (TPSA) is 54.7 Å². The van der Waals surface area contributed by atoms with Crippen LogP contribution >= 0.6 is 0 Å². The molecule has 0 saturated heterocycles. The third kappa shape index (κ3) is 2.73. The molecule has 0 saturated carbocycles. The summed E-state index contributed by atoms with van der Waals surface area (Å²) in [5.74, 6) is 0. The van der Waals surface area contributed by atoms with E-state index in [9.17, 15) is 13.2 Å². The van der Waals surface area contributed by atoms with Gasteiger partial charge in [0.2, 0.25) is 0 Å². The second kappa shape index (κ2) is 4.00. The Morgan fingerprint density at radius 2 is 2.21 bits per heavy atom. The van der Waals surface area contributed by atoms with E-state index in [2.05, 4.69) is 5.10 Å². The number of nitrogens with two attached hydrogens (primary N) is 1. The molecule has 0 aliphatic carbocycles. The van der Waals surface area contributed by atoms with Crippen molar-refractivity contribution >= 4 is 0 Å². The summed E-state index contributed by atoms with van der Waals surface area (Å²) in [5, 5.41) is 5.33. The first-order valence-corrected chi connectivity index (χ1v) is 4.26. The second-order valence-corrected chi connectivity index (χ2v) is 3.28. The van der Waals surface area contributed by atoms with E-state index in [4.69, 9.17) is 5.73 Å². The molecule has 1 atom stereocenters. The SMILES string of the molecule is CC(N)CCc1cn[nH]c1C(F)(F)F. The summed E-state index contributed by atoms with van der Waals surface area (Å²) in [5.41, 5.74) is 4.87. The smallest absolute Gasteiger partial charge is 0.328 e. The molecule has 1 unspecified atom stereocenters. The van der Waals surface area contributed by atoms with Gasteiger partial charge >= 0.3 is 6.18 Å². The van der Waals surface area contributed by atoms with Crippen LogP contribution < -0.4 is 5.73 Å². The normalized spacial score (nSPS) is 14.4. The zero-order valence-electron chi connectivity index (χ0n) is 7.73. The molecule has 1 heterocycles. The lowest BCUT2D eigenvalue weighted by Crippen LogP contribution is -2.16. The molecule has 14 heavy (non-hydrogen) atoms. The van der Waals surface area contributed by atoms with Crippen LogP contribution in [0.15, 0.2) is 6.20 Å². The van der Waals surface area contributed by atoms with Crippen LogP contribution in [0.2, 0.25) is 0 Å². The van der Waals surface area contributed by atoms with Gasteiger partial charge in [-0.1, -0.05) is 0 Å². The van der Waals surface area contributed by atoms with E-state index in [1.54, 1.807) is 6.92 Å². The standard InChI is InChI=1S/C8H12F3N3/c1-5(12)2-3-6-4-13-14-7(6)8(9,10)11/h4-5H,2-3,12H2,1H3,(H,13,14). The van der Waals surface area contributed by atoms with Crippen molar-refractivity contribution in [1.82, 2.24) is 10.2 Å². The molecule has 3 N–H and O–H groups in total. The Bertz CT molecular complexity index is 290. The van der Waals surface area contributed by atoms with Crippen molar-refractivity contribution in [3.8, 4) is 0 Å². The van der Waals surface area contributed by atoms with Gasteiger partial charge in [-0.25, -0.2) is 0 Å². The average molecular weight is 207 g/mol. The quantitative estimate of drug-likeness (QED) is 0.792. The first-order valence-electron chi connectivity index (χ1n) is 4.26. The van der Waals surface area contributed by atoms with Gasteiger partial charge in [-0.3, -0.25) is 5.10 Å². The fourth-order valence-corrected chi connectivity index (χ4v) is 1.13. The van der Waals surface area contributed by atoms with Crippen LogP contribution in [0, 0.1) is 0 Å². The van der Waals surface area contributed by atoms with E-state index in [-0.39, 0.29) is 11.6 Å². The van der Waals surface area contributed by atoms with E-state index in [0.717, 1.165) is 0 Å². The first-order chi connectivity index (χ1) is 6.41. The van der Waals surface area contributed by atoms with Crippen molar-refractivity contribution in [2.24, 2.45) is 5.73 Å². The largest absolute Gasteiger partial charge is 0.433 e. The second-order valence-electron chi connectivity index (χ2n) is 3.28. The van der Waals surface area contributed by atoms with Gasteiger partial charge in [-0.2, -0.15) is 18.3 Å². The number of hydrogen-bond acceptors (Lipinski definition) is 2. The van der Waals surface area contributed by atoms with Gasteiger partial charge in [0.1, 0.15) is 5.69 Å². The maximum absolute atomic E-state index is 12.3. The van der Waals surface area contributed by atoms with E-state index >= 15 is 0 Å². The molecule has 1 aromatic heterocycles. The highest BCUT2D eigenvalue weighted by atomic mass is 19.4. The Kier molecular flexibility index (Phi) is 3.15. The van der Waals surface area contributed by atoms with E-state index < -0.39 is 11.9 Å². The highest BCUT2D eigenvalue weighted by Gasteiger charge is 2.35. The highest BCUT2D eigenvalue weighted by Crippen LogP contribution is 2.30. The third-order valence-corrected chi connectivity index (χ3v) is 1.87. The van der Waals surface area contributed by atoms with Crippen molar-refractivity contribution in [1.29, 1.82) is 0 Å². The van der Waals surface area contributed by atoms with Gasteiger partial charge in [-0.15, -0.1) is 0 Å². The van der Waals surface area contributed by atoms with Crippen LogP contribution in [0.3, 0.4) is 0 Å². The number of aromatic amines is 1. The summed E-state index contributed by atoms with van der Waals surface area (Å²) in [6, 6.07) is -0.106. The number of H-pyrrole nitrogens is 1. The number of aromatic nitrogens is 2. The molecule has 6 heteroatoms. The minimum absolute atomic E-state index is 0.106. The Labute approximate surface area is 79.5 Å². The Morgan fingerprint density at radius 1 is 1.57 bits per heavy atom. The van der Waals surface area contributed by atoms with Crippen LogP contribution in [-0.2, 0) is 12.6 Å².